The SMILES string of the molecule is CCCCCCCCCCCCCCCCCCCCC(=O)OC[C@@H](COC(=O)CCCCCCCCC(C)C)OC(=O)CCCCCCCCCCCCC. The fraction of sp³-hybridized carbons (Fsp3) is 0.940. The molecule has 0 aliphatic rings. The van der Waals surface area contributed by atoms with Crippen molar-refractivity contribution >= 4 is 17.9 Å². The minimum Gasteiger partial charge on any atom is -0.462 e. The zero-order valence-electron chi connectivity index (χ0n) is 38.1. The van der Waals surface area contributed by atoms with Crippen LogP contribution in [0.25, 0.3) is 0 Å². The van der Waals surface area contributed by atoms with Crippen LogP contribution in [0.1, 0.15) is 278 Å². The number of hydrogen-bond acceptors (Lipinski definition) is 6. The maximum atomic E-state index is 12.7. The van der Waals surface area contributed by atoms with Gasteiger partial charge < -0.3 is 14.2 Å². The van der Waals surface area contributed by atoms with Crippen molar-refractivity contribution in [2.45, 2.75) is 284 Å². The summed E-state index contributed by atoms with van der Waals surface area (Å²) in [5.74, 6) is -0.0904. The third kappa shape index (κ3) is 43.5. The molecule has 332 valence electrons. The maximum absolute atomic E-state index is 12.7. The summed E-state index contributed by atoms with van der Waals surface area (Å²) in [6.07, 6.45) is 45.3. The summed E-state index contributed by atoms with van der Waals surface area (Å²) < 4.78 is 16.7. The molecule has 0 aromatic heterocycles. The first kappa shape index (κ1) is 54.4. The second-order valence-electron chi connectivity index (χ2n) is 17.6. The van der Waals surface area contributed by atoms with Crippen molar-refractivity contribution in [1.82, 2.24) is 0 Å². The van der Waals surface area contributed by atoms with Crippen LogP contribution in [0.15, 0.2) is 0 Å². The second kappa shape index (κ2) is 44.5. The van der Waals surface area contributed by atoms with Crippen LogP contribution in [0.2, 0.25) is 0 Å². The molecule has 0 radical (unpaired) electrons. The first-order chi connectivity index (χ1) is 27.4. The van der Waals surface area contributed by atoms with Crippen LogP contribution in [0.3, 0.4) is 0 Å². The highest BCUT2D eigenvalue weighted by atomic mass is 16.6. The van der Waals surface area contributed by atoms with Gasteiger partial charge in [0.1, 0.15) is 13.2 Å². The lowest BCUT2D eigenvalue weighted by molar-refractivity contribution is -0.167. The van der Waals surface area contributed by atoms with E-state index in [0.717, 1.165) is 63.7 Å². The molecule has 0 unspecified atom stereocenters. The van der Waals surface area contributed by atoms with Gasteiger partial charge in [0, 0.05) is 19.3 Å². The minimum absolute atomic E-state index is 0.0640. The molecule has 0 heterocycles. The molecule has 0 rings (SSSR count). The van der Waals surface area contributed by atoms with E-state index in [1.165, 1.54) is 173 Å². The van der Waals surface area contributed by atoms with Gasteiger partial charge in [0.05, 0.1) is 0 Å². The Morgan fingerprint density at radius 3 is 0.875 bits per heavy atom. The first-order valence-corrected chi connectivity index (χ1v) is 24.9. The number of rotatable bonds is 45. The molecule has 0 spiro atoms. The van der Waals surface area contributed by atoms with Gasteiger partial charge in [0.25, 0.3) is 0 Å². The van der Waals surface area contributed by atoms with E-state index in [2.05, 4.69) is 27.7 Å². The average Bonchev–Trinajstić information content (AvgIpc) is 3.18. The fourth-order valence-electron chi connectivity index (χ4n) is 7.51. The van der Waals surface area contributed by atoms with Gasteiger partial charge in [-0.25, -0.2) is 0 Å². The first-order valence-electron chi connectivity index (χ1n) is 24.9. The molecule has 0 aromatic rings. The van der Waals surface area contributed by atoms with Crippen LogP contribution in [-0.2, 0) is 28.6 Å². The van der Waals surface area contributed by atoms with Gasteiger partial charge in [-0.2, -0.15) is 0 Å². The van der Waals surface area contributed by atoms with E-state index in [1.807, 2.05) is 0 Å². The topological polar surface area (TPSA) is 78.9 Å². The van der Waals surface area contributed by atoms with E-state index in [9.17, 15) is 14.4 Å². The van der Waals surface area contributed by atoms with Crippen LogP contribution in [-0.4, -0.2) is 37.2 Å². The van der Waals surface area contributed by atoms with Crippen molar-refractivity contribution in [1.29, 1.82) is 0 Å². The Hall–Kier alpha value is -1.59. The van der Waals surface area contributed by atoms with Crippen molar-refractivity contribution in [3.63, 3.8) is 0 Å². The van der Waals surface area contributed by atoms with Crippen LogP contribution < -0.4 is 0 Å². The van der Waals surface area contributed by atoms with E-state index in [-0.39, 0.29) is 31.1 Å². The Labute approximate surface area is 348 Å². The Bertz CT molecular complexity index is 841. The van der Waals surface area contributed by atoms with Gasteiger partial charge in [0.2, 0.25) is 0 Å². The normalized spacial score (nSPS) is 11.9. The molecular weight excluding hydrogens is 697 g/mol. The maximum Gasteiger partial charge on any atom is 0.306 e. The molecule has 0 fully saturated rings. The highest BCUT2D eigenvalue weighted by Gasteiger charge is 2.19. The third-order valence-corrected chi connectivity index (χ3v) is 11.3. The van der Waals surface area contributed by atoms with E-state index < -0.39 is 6.10 Å². The summed E-state index contributed by atoms with van der Waals surface area (Å²) in [4.78, 5) is 37.8. The van der Waals surface area contributed by atoms with Gasteiger partial charge in [0.15, 0.2) is 6.10 Å². The monoisotopic (exact) mass is 793 g/mol. The molecule has 0 amide bonds. The summed E-state index contributed by atoms with van der Waals surface area (Å²) in [6, 6.07) is 0. The molecule has 6 nitrogen and oxygen atoms in total. The standard InChI is InChI=1S/C50H96O6/c1-5-7-9-11-13-15-17-18-19-20-21-22-23-25-26-28-33-37-41-48(51)54-44-47(45-55-49(52)42-38-34-31-30-32-36-40-46(3)4)56-50(53)43-39-35-29-27-24-16-14-12-10-8-6-2/h46-47H,5-45H2,1-4H3/t47-/m0/s1. The van der Waals surface area contributed by atoms with Crippen LogP contribution >= 0.6 is 0 Å². The molecule has 56 heavy (non-hydrogen) atoms. The van der Waals surface area contributed by atoms with E-state index >= 15 is 0 Å². The largest absolute Gasteiger partial charge is 0.462 e. The van der Waals surface area contributed by atoms with Crippen LogP contribution in [0.4, 0.5) is 0 Å². The predicted octanol–water partition coefficient (Wildman–Crippen LogP) is 15.9. The van der Waals surface area contributed by atoms with Gasteiger partial charge in [-0.15, -0.1) is 0 Å². The molecule has 0 aliphatic carbocycles. The van der Waals surface area contributed by atoms with Crippen molar-refractivity contribution in [2.24, 2.45) is 5.92 Å². The molecule has 0 bridgehead atoms. The second-order valence-corrected chi connectivity index (χ2v) is 17.6. The highest BCUT2D eigenvalue weighted by Crippen LogP contribution is 2.17. The summed E-state index contributed by atoms with van der Waals surface area (Å²) in [5.41, 5.74) is 0. The molecule has 1 atom stereocenters. The average molecular weight is 793 g/mol. The lowest BCUT2D eigenvalue weighted by Crippen LogP contribution is -2.30. The van der Waals surface area contributed by atoms with Crippen molar-refractivity contribution in [3.8, 4) is 0 Å². The quantitative estimate of drug-likeness (QED) is 0.0347. The lowest BCUT2D eigenvalue weighted by Gasteiger charge is -2.18. The highest BCUT2D eigenvalue weighted by molar-refractivity contribution is 5.71. The number of hydrogen-bond donors (Lipinski definition) is 0. The van der Waals surface area contributed by atoms with Gasteiger partial charge in [-0.3, -0.25) is 14.4 Å². The summed E-state index contributed by atoms with van der Waals surface area (Å²) >= 11 is 0. The van der Waals surface area contributed by atoms with Crippen LogP contribution in [0.5, 0.6) is 0 Å². The fourth-order valence-corrected chi connectivity index (χ4v) is 7.51. The molecule has 0 aliphatic heterocycles. The number of esters is 3. The number of ether oxygens (including phenoxy) is 3. The number of unbranched alkanes of at least 4 members (excludes halogenated alkanes) is 32. The molecular formula is C50H96O6. The zero-order chi connectivity index (χ0) is 41.0. The predicted molar refractivity (Wildman–Crippen MR) is 238 cm³/mol. The van der Waals surface area contributed by atoms with Crippen LogP contribution in [0, 0.1) is 5.92 Å². The number of carbonyl (C=O) groups excluding carboxylic acids is 3. The van der Waals surface area contributed by atoms with Gasteiger partial charge >= 0.3 is 17.9 Å². The summed E-state index contributed by atoms with van der Waals surface area (Å²) in [7, 11) is 0. The molecule has 6 heteroatoms. The Balaban J connectivity index is 4.22. The van der Waals surface area contributed by atoms with Crippen molar-refractivity contribution in [3.05, 3.63) is 0 Å². The van der Waals surface area contributed by atoms with Gasteiger partial charge in [-0.05, 0) is 25.2 Å². The molecule has 0 N–H and O–H groups in total. The lowest BCUT2D eigenvalue weighted by atomic mass is 10.0. The Morgan fingerprint density at radius 2 is 0.589 bits per heavy atom. The number of carbonyl (C=O) groups is 3. The van der Waals surface area contributed by atoms with Crippen molar-refractivity contribution < 1.29 is 28.6 Å². The summed E-state index contributed by atoms with van der Waals surface area (Å²) in [5, 5.41) is 0. The minimum atomic E-state index is -0.760. The zero-order valence-corrected chi connectivity index (χ0v) is 38.1. The van der Waals surface area contributed by atoms with E-state index in [0.29, 0.717) is 19.3 Å². The van der Waals surface area contributed by atoms with Gasteiger partial charge in [-0.1, -0.05) is 240 Å². The van der Waals surface area contributed by atoms with E-state index in [1.54, 1.807) is 0 Å². The Kier molecular flexibility index (Phi) is 43.2. The molecule has 0 saturated carbocycles. The smallest absolute Gasteiger partial charge is 0.306 e. The molecule has 0 aromatic carbocycles. The summed E-state index contributed by atoms with van der Waals surface area (Å²) in [6.45, 7) is 8.94. The third-order valence-electron chi connectivity index (χ3n) is 11.3. The van der Waals surface area contributed by atoms with E-state index in [4.69, 9.17) is 14.2 Å². The Morgan fingerprint density at radius 1 is 0.339 bits per heavy atom. The molecule has 0 saturated heterocycles. The van der Waals surface area contributed by atoms with Crippen molar-refractivity contribution in [2.75, 3.05) is 13.2 Å².